The standard InChI is InChI=1S/C13H25F3N4O2S.HI/c1-10(2)4-7-18-12(17-3)19-11-5-8-20(9-6-11)23(21,22)13(14,15)16;/h10-11H,4-9H2,1-3H3,(H2,17,18,19);1H. The zero-order valence-corrected chi connectivity index (χ0v) is 17.2. The van der Waals surface area contributed by atoms with E-state index in [0.717, 1.165) is 13.0 Å². The van der Waals surface area contributed by atoms with Crippen LogP contribution in [0.1, 0.15) is 33.1 Å². The lowest BCUT2D eigenvalue weighted by molar-refractivity contribution is -0.0494. The molecule has 0 atom stereocenters. The Bertz CT molecular complexity index is 504. The molecule has 0 aromatic heterocycles. The molecule has 1 saturated heterocycles. The minimum Gasteiger partial charge on any atom is -0.356 e. The van der Waals surface area contributed by atoms with Gasteiger partial charge in [0.2, 0.25) is 0 Å². The highest BCUT2D eigenvalue weighted by molar-refractivity contribution is 14.0. The van der Waals surface area contributed by atoms with E-state index in [1.807, 2.05) is 0 Å². The Kier molecular flexibility index (Phi) is 9.87. The van der Waals surface area contributed by atoms with Crippen LogP contribution in [0.25, 0.3) is 0 Å². The summed E-state index contributed by atoms with van der Waals surface area (Å²) in [5, 5.41) is 6.27. The predicted octanol–water partition coefficient (Wildman–Crippen LogP) is 2.13. The van der Waals surface area contributed by atoms with Crippen molar-refractivity contribution in [2.75, 3.05) is 26.7 Å². The molecule has 24 heavy (non-hydrogen) atoms. The number of alkyl halides is 3. The second-order valence-corrected chi connectivity index (χ2v) is 7.88. The number of hydrogen-bond acceptors (Lipinski definition) is 3. The summed E-state index contributed by atoms with van der Waals surface area (Å²) >= 11 is 0. The SMILES string of the molecule is CN=C(NCCC(C)C)NC1CCN(S(=O)(=O)C(F)(F)F)CC1.I. The fraction of sp³-hybridized carbons (Fsp3) is 0.923. The molecule has 1 rings (SSSR count). The molecular weight excluding hydrogens is 460 g/mol. The minimum atomic E-state index is -5.23. The molecule has 0 aliphatic carbocycles. The third-order valence-electron chi connectivity index (χ3n) is 3.66. The van der Waals surface area contributed by atoms with E-state index < -0.39 is 15.5 Å². The highest BCUT2D eigenvalue weighted by atomic mass is 127. The van der Waals surface area contributed by atoms with Gasteiger partial charge in [-0.1, -0.05) is 13.8 Å². The maximum Gasteiger partial charge on any atom is 0.511 e. The molecule has 0 aromatic carbocycles. The van der Waals surface area contributed by atoms with Crippen LogP contribution in [0.2, 0.25) is 0 Å². The van der Waals surface area contributed by atoms with Gasteiger partial charge in [0, 0.05) is 32.7 Å². The molecule has 1 aliphatic rings. The highest BCUT2D eigenvalue weighted by Gasteiger charge is 2.50. The van der Waals surface area contributed by atoms with E-state index in [1.54, 1.807) is 7.05 Å². The van der Waals surface area contributed by atoms with Crippen LogP contribution < -0.4 is 10.6 Å². The van der Waals surface area contributed by atoms with Crippen molar-refractivity contribution in [1.82, 2.24) is 14.9 Å². The highest BCUT2D eigenvalue weighted by Crippen LogP contribution is 2.28. The van der Waals surface area contributed by atoms with Crippen molar-refractivity contribution in [1.29, 1.82) is 0 Å². The summed E-state index contributed by atoms with van der Waals surface area (Å²) in [7, 11) is -3.60. The van der Waals surface area contributed by atoms with Crippen molar-refractivity contribution in [2.24, 2.45) is 10.9 Å². The van der Waals surface area contributed by atoms with Gasteiger partial charge in [-0.25, -0.2) is 8.42 Å². The molecule has 0 spiro atoms. The first-order valence-corrected chi connectivity index (χ1v) is 9.05. The van der Waals surface area contributed by atoms with Gasteiger partial charge in [-0.3, -0.25) is 4.99 Å². The lowest BCUT2D eigenvalue weighted by Crippen LogP contribution is -2.51. The van der Waals surface area contributed by atoms with Crippen LogP contribution in [0.5, 0.6) is 0 Å². The average Bonchev–Trinajstić information content (AvgIpc) is 2.45. The molecule has 0 aromatic rings. The van der Waals surface area contributed by atoms with Crippen LogP contribution >= 0.6 is 24.0 Å². The smallest absolute Gasteiger partial charge is 0.356 e. The number of nitrogens with zero attached hydrogens (tertiary/aromatic N) is 2. The van der Waals surface area contributed by atoms with E-state index in [9.17, 15) is 21.6 Å². The molecule has 11 heteroatoms. The number of rotatable bonds is 5. The summed E-state index contributed by atoms with van der Waals surface area (Å²) in [5.74, 6) is 1.14. The summed E-state index contributed by atoms with van der Waals surface area (Å²) in [6.45, 7) is 4.66. The topological polar surface area (TPSA) is 73.8 Å². The first kappa shape index (κ1) is 23.7. The number of guanidine groups is 1. The molecule has 0 saturated carbocycles. The molecule has 0 amide bonds. The van der Waals surface area contributed by atoms with E-state index >= 15 is 0 Å². The molecule has 1 heterocycles. The van der Waals surface area contributed by atoms with Crippen molar-refractivity contribution < 1.29 is 21.6 Å². The van der Waals surface area contributed by atoms with Crippen LogP contribution in [-0.4, -0.2) is 56.9 Å². The Balaban J connectivity index is 0.00000529. The largest absolute Gasteiger partial charge is 0.511 e. The third kappa shape index (κ3) is 6.90. The third-order valence-corrected chi connectivity index (χ3v) is 5.29. The molecule has 0 radical (unpaired) electrons. The summed E-state index contributed by atoms with van der Waals surface area (Å²) in [6.07, 6.45) is 1.59. The van der Waals surface area contributed by atoms with Crippen molar-refractivity contribution in [3.8, 4) is 0 Å². The lowest BCUT2D eigenvalue weighted by Gasteiger charge is -2.32. The molecule has 144 valence electrons. The van der Waals surface area contributed by atoms with Crippen molar-refractivity contribution in [3.05, 3.63) is 0 Å². The molecule has 0 bridgehead atoms. The molecule has 0 unspecified atom stereocenters. The number of nitrogens with one attached hydrogen (secondary N) is 2. The first-order valence-electron chi connectivity index (χ1n) is 7.61. The van der Waals surface area contributed by atoms with Gasteiger partial charge in [0.15, 0.2) is 5.96 Å². The predicted molar refractivity (Wildman–Crippen MR) is 98.9 cm³/mol. The number of halogens is 4. The van der Waals surface area contributed by atoms with Crippen LogP contribution in [0, 0.1) is 5.92 Å². The van der Waals surface area contributed by atoms with E-state index in [-0.39, 0.29) is 43.1 Å². The van der Waals surface area contributed by atoms with Gasteiger partial charge in [0.05, 0.1) is 0 Å². The summed E-state index contributed by atoms with van der Waals surface area (Å²) in [5.41, 5.74) is -5.23. The first-order chi connectivity index (χ1) is 10.6. The maximum absolute atomic E-state index is 12.5. The normalized spacial score (nSPS) is 18.4. The zero-order valence-electron chi connectivity index (χ0n) is 14.1. The van der Waals surface area contributed by atoms with Crippen LogP contribution in [0.3, 0.4) is 0 Å². The second kappa shape index (κ2) is 10.00. The Hall–Kier alpha value is -0.300. The molecule has 2 N–H and O–H groups in total. The van der Waals surface area contributed by atoms with Crippen molar-refractivity contribution in [2.45, 2.75) is 44.7 Å². The molecular formula is C13H26F3IN4O2S. The number of sulfonamides is 1. The van der Waals surface area contributed by atoms with Crippen molar-refractivity contribution in [3.63, 3.8) is 0 Å². The average molecular weight is 486 g/mol. The van der Waals surface area contributed by atoms with Crippen molar-refractivity contribution >= 4 is 40.0 Å². The number of aliphatic imine (C=N–C) groups is 1. The van der Waals surface area contributed by atoms with Gasteiger partial charge >= 0.3 is 15.5 Å². The Morgan fingerprint density at radius 2 is 1.83 bits per heavy atom. The van der Waals surface area contributed by atoms with Gasteiger partial charge in [-0.05, 0) is 25.2 Å². The second-order valence-electron chi connectivity index (χ2n) is 5.95. The quantitative estimate of drug-likeness (QED) is 0.355. The van der Waals surface area contributed by atoms with Gasteiger partial charge in [0.1, 0.15) is 0 Å². The van der Waals surface area contributed by atoms with Crippen LogP contribution in [0.15, 0.2) is 4.99 Å². The van der Waals surface area contributed by atoms with E-state index in [4.69, 9.17) is 0 Å². The maximum atomic E-state index is 12.5. The Morgan fingerprint density at radius 1 is 1.29 bits per heavy atom. The van der Waals surface area contributed by atoms with Crippen LogP contribution in [-0.2, 0) is 10.0 Å². The fourth-order valence-electron chi connectivity index (χ4n) is 2.25. The fourth-order valence-corrected chi connectivity index (χ4v) is 3.24. The van der Waals surface area contributed by atoms with E-state index in [0.29, 0.717) is 29.0 Å². The van der Waals surface area contributed by atoms with E-state index in [2.05, 4.69) is 29.5 Å². The summed E-state index contributed by atoms with van der Waals surface area (Å²) < 4.78 is 60.7. The lowest BCUT2D eigenvalue weighted by atomic mass is 10.1. The van der Waals surface area contributed by atoms with E-state index in [1.165, 1.54) is 0 Å². The molecule has 1 fully saturated rings. The van der Waals surface area contributed by atoms with Gasteiger partial charge in [-0.2, -0.15) is 17.5 Å². The summed E-state index contributed by atoms with van der Waals surface area (Å²) in [4.78, 5) is 4.07. The van der Waals surface area contributed by atoms with Gasteiger partial charge in [0.25, 0.3) is 0 Å². The molecule has 6 nitrogen and oxygen atoms in total. The van der Waals surface area contributed by atoms with Gasteiger partial charge in [-0.15, -0.1) is 24.0 Å². The van der Waals surface area contributed by atoms with Gasteiger partial charge < -0.3 is 10.6 Å². The number of piperidine rings is 1. The molecule has 1 aliphatic heterocycles. The summed E-state index contributed by atoms with van der Waals surface area (Å²) in [6, 6.07) is -0.0973. The Labute approximate surface area is 158 Å². The Morgan fingerprint density at radius 3 is 2.25 bits per heavy atom. The monoisotopic (exact) mass is 486 g/mol. The zero-order chi connectivity index (χ0) is 17.7. The van der Waals surface area contributed by atoms with Crippen LogP contribution in [0.4, 0.5) is 13.2 Å². The number of hydrogen-bond donors (Lipinski definition) is 2. The minimum absolute atomic E-state index is 0.